The largest absolute Gasteiger partial charge is 0.370 e. The first kappa shape index (κ1) is 23.4. The molecule has 1 N–H and O–H groups in total. The van der Waals surface area contributed by atoms with Crippen LogP contribution >= 0.6 is 0 Å². The lowest BCUT2D eigenvalue weighted by molar-refractivity contribution is 0.113. The molecule has 1 saturated heterocycles. The van der Waals surface area contributed by atoms with Crippen molar-refractivity contribution >= 4 is 6.21 Å². The van der Waals surface area contributed by atoms with Crippen LogP contribution in [0.1, 0.15) is 34.1 Å². The number of rotatable bonds is 9. The second-order valence-corrected chi connectivity index (χ2v) is 7.76. The van der Waals surface area contributed by atoms with Crippen molar-refractivity contribution in [3.8, 4) is 0 Å². The summed E-state index contributed by atoms with van der Waals surface area (Å²) in [5, 5.41) is 2.30. The Labute approximate surface area is 176 Å². The van der Waals surface area contributed by atoms with E-state index < -0.39 is 6.67 Å². The van der Waals surface area contributed by atoms with E-state index in [2.05, 4.69) is 70.4 Å². The van der Waals surface area contributed by atoms with E-state index in [-0.39, 0.29) is 6.04 Å². The second kappa shape index (κ2) is 11.9. The highest BCUT2D eigenvalue weighted by Crippen LogP contribution is 2.22. The van der Waals surface area contributed by atoms with Crippen LogP contribution in [0, 0.1) is 0 Å². The van der Waals surface area contributed by atoms with Gasteiger partial charge in [-0.2, -0.15) is 0 Å². The normalized spacial score (nSPS) is 23.9. The Morgan fingerprint density at radius 3 is 2.83 bits per heavy atom. The predicted octanol–water partition coefficient (Wildman–Crippen LogP) is 3.55. The van der Waals surface area contributed by atoms with E-state index in [1.807, 2.05) is 26.1 Å². The fraction of sp³-hybridized carbons (Fsp3) is 0.609. The zero-order chi connectivity index (χ0) is 21.2. The molecule has 0 aromatic carbocycles. The number of piperazine rings is 1. The third-order valence-electron chi connectivity index (χ3n) is 5.63. The van der Waals surface area contributed by atoms with Gasteiger partial charge in [0.2, 0.25) is 0 Å². The fourth-order valence-electron chi connectivity index (χ4n) is 3.81. The van der Waals surface area contributed by atoms with E-state index >= 15 is 0 Å². The van der Waals surface area contributed by atoms with Gasteiger partial charge in [-0.3, -0.25) is 9.89 Å². The molecule has 1 fully saturated rings. The maximum atomic E-state index is 13.1. The molecule has 0 aliphatic carbocycles. The molecular formula is C23H38FN5. The van der Waals surface area contributed by atoms with Crippen LogP contribution in [0.2, 0.25) is 0 Å². The maximum absolute atomic E-state index is 13.1. The van der Waals surface area contributed by atoms with E-state index in [9.17, 15) is 4.39 Å². The van der Waals surface area contributed by atoms with Gasteiger partial charge in [0.25, 0.3) is 0 Å². The minimum Gasteiger partial charge on any atom is -0.370 e. The standard InChI is InChI=1S/C23H38FN5/c1-6-9-19(3)26-29-15-14-28(18-23(29)10-8-13-25-7-2)17-22-12-11-21(16-24)20(4)27(22)5/h6-7,9-12,19,22,26H,8,13-18H2,1-5H3/b9-6-,23-10-,25-7?. The average Bonchev–Trinajstić information content (AvgIpc) is 2.71. The van der Waals surface area contributed by atoms with Crippen molar-refractivity contribution in [2.24, 2.45) is 4.99 Å². The molecule has 162 valence electrons. The SMILES string of the molecule is CC=NCC/C=C1/CN(CC2C=CC(CF)=C(C)N2C)CCN1NC(C)/C=C\C. The molecule has 2 rings (SSSR count). The molecule has 0 amide bonds. The molecule has 0 spiro atoms. The summed E-state index contributed by atoms with van der Waals surface area (Å²) in [7, 11) is 2.06. The number of nitrogens with zero attached hydrogens (tertiary/aromatic N) is 4. The molecule has 2 aliphatic heterocycles. The Balaban J connectivity index is 2.03. The van der Waals surface area contributed by atoms with Crippen molar-refractivity contribution in [1.29, 1.82) is 0 Å². The molecular weight excluding hydrogens is 365 g/mol. The molecule has 5 nitrogen and oxygen atoms in total. The molecule has 0 aromatic rings. The first-order chi connectivity index (χ1) is 14.0. The van der Waals surface area contributed by atoms with Gasteiger partial charge in [-0.05, 0) is 40.3 Å². The molecule has 2 unspecified atom stereocenters. The summed E-state index contributed by atoms with van der Waals surface area (Å²) in [6.07, 6.45) is 13.5. The van der Waals surface area contributed by atoms with E-state index in [0.29, 0.717) is 6.04 Å². The van der Waals surface area contributed by atoms with Crippen LogP contribution in [0.5, 0.6) is 0 Å². The molecule has 2 heterocycles. The number of nitrogens with one attached hydrogen (secondary N) is 1. The molecule has 29 heavy (non-hydrogen) atoms. The van der Waals surface area contributed by atoms with Crippen molar-refractivity contribution < 1.29 is 4.39 Å². The summed E-state index contributed by atoms with van der Waals surface area (Å²) in [5.74, 6) is 0. The van der Waals surface area contributed by atoms with Gasteiger partial charge in [0.15, 0.2) is 0 Å². The summed E-state index contributed by atoms with van der Waals surface area (Å²) < 4.78 is 13.1. The van der Waals surface area contributed by atoms with Gasteiger partial charge >= 0.3 is 0 Å². The molecule has 2 atom stereocenters. The quantitative estimate of drug-likeness (QED) is 0.363. The van der Waals surface area contributed by atoms with Crippen molar-refractivity contribution in [3.05, 3.63) is 47.3 Å². The van der Waals surface area contributed by atoms with Crippen molar-refractivity contribution in [3.63, 3.8) is 0 Å². The Morgan fingerprint density at radius 2 is 2.14 bits per heavy atom. The lowest BCUT2D eigenvalue weighted by Crippen LogP contribution is -2.54. The first-order valence-electron chi connectivity index (χ1n) is 10.7. The zero-order valence-corrected chi connectivity index (χ0v) is 18.7. The van der Waals surface area contributed by atoms with Crippen LogP contribution in [0.25, 0.3) is 0 Å². The number of likely N-dealkylation sites (N-methyl/N-ethyl adjacent to an activating group) is 1. The van der Waals surface area contributed by atoms with E-state index in [1.54, 1.807) is 0 Å². The van der Waals surface area contributed by atoms with Gasteiger partial charge in [0.1, 0.15) is 6.67 Å². The number of hydrazine groups is 1. The summed E-state index contributed by atoms with van der Waals surface area (Å²) in [6, 6.07) is 0.570. The fourth-order valence-corrected chi connectivity index (χ4v) is 3.81. The molecule has 2 aliphatic rings. The number of allylic oxidation sites excluding steroid dienone is 4. The minimum absolute atomic E-state index is 0.276. The van der Waals surface area contributed by atoms with Gasteiger partial charge in [-0.15, -0.1) is 0 Å². The third-order valence-corrected chi connectivity index (χ3v) is 5.63. The Hall–Kier alpha value is -1.92. The number of alkyl halides is 1. The number of aliphatic imine (C=N–C) groups is 1. The highest BCUT2D eigenvalue weighted by atomic mass is 19.1. The molecule has 0 radical (unpaired) electrons. The van der Waals surface area contributed by atoms with Crippen LogP contribution in [0.15, 0.2) is 52.3 Å². The van der Waals surface area contributed by atoms with E-state index in [4.69, 9.17) is 0 Å². The molecule has 0 saturated carbocycles. The average molecular weight is 404 g/mol. The third kappa shape index (κ3) is 6.82. The van der Waals surface area contributed by atoms with Crippen molar-refractivity contribution in [2.75, 3.05) is 46.4 Å². The number of hydrogen-bond acceptors (Lipinski definition) is 5. The molecule has 0 bridgehead atoms. The van der Waals surface area contributed by atoms with Crippen LogP contribution in [0.3, 0.4) is 0 Å². The monoisotopic (exact) mass is 403 g/mol. The first-order valence-corrected chi connectivity index (χ1v) is 10.7. The smallest absolute Gasteiger partial charge is 0.116 e. The highest BCUT2D eigenvalue weighted by molar-refractivity contribution is 5.53. The van der Waals surface area contributed by atoms with Crippen molar-refractivity contribution in [2.45, 2.75) is 46.2 Å². The maximum Gasteiger partial charge on any atom is 0.116 e. The number of halogens is 1. The van der Waals surface area contributed by atoms with Gasteiger partial charge < -0.3 is 9.91 Å². The molecule has 6 heteroatoms. The van der Waals surface area contributed by atoms with Crippen LogP contribution < -0.4 is 5.43 Å². The summed E-state index contributed by atoms with van der Waals surface area (Å²) in [4.78, 5) is 9.03. The number of hydrogen-bond donors (Lipinski definition) is 1. The summed E-state index contributed by atoms with van der Waals surface area (Å²) in [6.45, 7) is 12.4. The van der Waals surface area contributed by atoms with Gasteiger partial charge in [0.05, 0.1) is 6.04 Å². The lowest BCUT2D eigenvalue weighted by atomic mass is 10.0. The molecule has 0 aromatic heterocycles. The Morgan fingerprint density at radius 1 is 1.34 bits per heavy atom. The lowest BCUT2D eigenvalue weighted by Gasteiger charge is -2.42. The second-order valence-electron chi connectivity index (χ2n) is 7.76. The van der Waals surface area contributed by atoms with Crippen LogP contribution in [-0.4, -0.2) is 79.6 Å². The van der Waals surface area contributed by atoms with Gasteiger partial charge in [0, 0.05) is 62.8 Å². The van der Waals surface area contributed by atoms with E-state index in [0.717, 1.165) is 50.4 Å². The van der Waals surface area contributed by atoms with Crippen LogP contribution in [0.4, 0.5) is 4.39 Å². The zero-order valence-electron chi connectivity index (χ0n) is 18.7. The minimum atomic E-state index is -0.402. The summed E-state index contributed by atoms with van der Waals surface area (Å²) in [5.41, 5.74) is 6.73. The van der Waals surface area contributed by atoms with Gasteiger partial charge in [-0.1, -0.05) is 30.4 Å². The van der Waals surface area contributed by atoms with Gasteiger partial charge in [-0.25, -0.2) is 9.82 Å². The Bertz CT molecular complexity index is 664. The van der Waals surface area contributed by atoms with Crippen molar-refractivity contribution in [1.82, 2.24) is 20.2 Å². The predicted molar refractivity (Wildman–Crippen MR) is 122 cm³/mol. The topological polar surface area (TPSA) is 34.1 Å². The van der Waals surface area contributed by atoms with Crippen LogP contribution in [-0.2, 0) is 0 Å². The Kier molecular flexibility index (Phi) is 9.61. The highest BCUT2D eigenvalue weighted by Gasteiger charge is 2.26. The van der Waals surface area contributed by atoms with E-state index in [1.165, 1.54) is 5.70 Å². The summed E-state index contributed by atoms with van der Waals surface area (Å²) >= 11 is 0.